The van der Waals surface area contributed by atoms with Gasteiger partial charge in [0.1, 0.15) is 0 Å². The zero-order valence-corrected chi connectivity index (χ0v) is 12.8. The topological polar surface area (TPSA) is 40.5 Å². The van der Waals surface area contributed by atoms with E-state index in [4.69, 9.17) is 0 Å². The number of carbonyl (C=O) groups is 1. The molecule has 1 heterocycles. The van der Waals surface area contributed by atoms with E-state index in [9.17, 15) is 9.90 Å². The molecular formula is C17H25NO2. The molecule has 0 aromatic heterocycles. The molecule has 3 heteroatoms. The van der Waals surface area contributed by atoms with Gasteiger partial charge in [0.15, 0.2) is 0 Å². The predicted octanol–water partition coefficient (Wildman–Crippen LogP) is 3.52. The Morgan fingerprint density at radius 2 is 1.70 bits per heavy atom. The zero-order chi connectivity index (χ0) is 14.9. The van der Waals surface area contributed by atoms with Crippen molar-refractivity contribution in [3.05, 3.63) is 35.4 Å². The maximum atomic E-state index is 11.2. The molecule has 0 aliphatic carbocycles. The summed E-state index contributed by atoms with van der Waals surface area (Å²) in [4.78, 5) is 13.5. The Kier molecular flexibility index (Phi) is 4.48. The van der Waals surface area contributed by atoms with E-state index >= 15 is 0 Å². The second-order valence-corrected chi connectivity index (χ2v) is 6.37. The first-order valence-electron chi connectivity index (χ1n) is 7.47. The van der Waals surface area contributed by atoms with Gasteiger partial charge in [0.25, 0.3) is 0 Å². The third-order valence-corrected chi connectivity index (χ3v) is 4.59. The highest BCUT2D eigenvalue weighted by molar-refractivity contribution is 5.71. The van der Waals surface area contributed by atoms with Gasteiger partial charge in [0.05, 0.1) is 5.92 Å². The number of carboxylic acid groups (broad SMARTS) is 1. The molecule has 0 spiro atoms. The molecular weight excluding hydrogens is 250 g/mol. The normalized spacial score (nSPS) is 25.1. The lowest BCUT2D eigenvalue weighted by Gasteiger charge is -2.25. The van der Waals surface area contributed by atoms with Crippen molar-refractivity contribution in [1.29, 1.82) is 0 Å². The van der Waals surface area contributed by atoms with E-state index < -0.39 is 5.97 Å². The van der Waals surface area contributed by atoms with Crippen LogP contribution in [0.2, 0.25) is 0 Å². The third kappa shape index (κ3) is 3.04. The van der Waals surface area contributed by atoms with Crippen LogP contribution in [0.15, 0.2) is 24.3 Å². The summed E-state index contributed by atoms with van der Waals surface area (Å²) in [6.45, 7) is 10.1. The number of likely N-dealkylation sites (tertiary alicyclic amines) is 1. The van der Waals surface area contributed by atoms with E-state index in [0.29, 0.717) is 12.5 Å². The summed E-state index contributed by atoms with van der Waals surface area (Å²) in [5.41, 5.74) is 2.62. The number of rotatable bonds is 4. The highest BCUT2D eigenvalue weighted by Gasteiger charge is 2.36. The second-order valence-electron chi connectivity index (χ2n) is 6.37. The number of benzene rings is 1. The van der Waals surface area contributed by atoms with Crippen LogP contribution in [-0.2, 0) is 4.79 Å². The average molecular weight is 275 g/mol. The Hall–Kier alpha value is -1.35. The standard InChI is InChI=1S/C17H25NO2/c1-11(2)14-5-7-15(8-6-14)13(4)18-9-12(3)16(10-18)17(19)20/h5-8,11-13,16H,9-10H2,1-4H3,(H,19,20). The summed E-state index contributed by atoms with van der Waals surface area (Å²) in [5, 5.41) is 9.22. The van der Waals surface area contributed by atoms with Crippen LogP contribution in [0.25, 0.3) is 0 Å². The van der Waals surface area contributed by atoms with Crippen molar-refractivity contribution in [3.63, 3.8) is 0 Å². The fourth-order valence-electron chi connectivity index (χ4n) is 3.01. The number of carboxylic acids is 1. The summed E-state index contributed by atoms with van der Waals surface area (Å²) in [6, 6.07) is 9.01. The number of nitrogens with zero attached hydrogens (tertiary/aromatic N) is 1. The van der Waals surface area contributed by atoms with Gasteiger partial charge in [-0.25, -0.2) is 0 Å². The molecule has 20 heavy (non-hydrogen) atoms. The van der Waals surface area contributed by atoms with Crippen molar-refractivity contribution < 1.29 is 9.90 Å². The van der Waals surface area contributed by atoms with Crippen LogP contribution in [0, 0.1) is 11.8 Å². The minimum Gasteiger partial charge on any atom is -0.481 e. The third-order valence-electron chi connectivity index (χ3n) is 4.59. The van der Waals surface area contributed by atoms with Crippen LogP contribution in [0.3, 0.4) is 0 Å². The molecule has 2 rings (SSSR count). The molecule has 0 radical (unpaired) electrons. The fraction of sp³-hybridized carbons (Fsp3) is 0.588. The summed E-state index contributed by atoms with van der Waals surface area (Å²) in [7, 11) is 0. The Morgan fingerprint density at radius 3 is 2.15 bits per heavy atom. The molecule has 1 aliphatic rings. The van der Waals surface area contributed by atoms with Gasteiger partial charge in [-0.3, -0.25) is 9.69 Å². The van der Waals surface area contributed by atoms with Crippen LogP contribution in [0.4, 0.5) is 0 Å². The second kappa shape index (κ2) is 5.96. The van der Waals surface area contributed by atoms with Crippen LogP contribution in [0.1, 0.15) is 50.8 Å². The Morgan fingerprint density at radius 1 is 1.15 bits per heavy atom. The summed E-state index contributed by atoms with van der Waals surface area (Å²) >= 11 is 0. The van der Waals surface area contributed by atoms with E-state index in [1.165, 1.54) is 11.1 Å². The largest absolute Gasteiger partial charge is 0.481 e. The summed E-state index contributed by atoms with van der Waals surface area (Å²) in [5.74, 6) is -0.123. The van der Waals surface area contributed by atoms with E-state index in [1.54, 1.807) is 0 Å². The lowest BCUT2D eigenvalue weighted by atomic mass is 9.99. The number of aliphatic carboxylic acids is 1. The lowest BCUT2D eigenvalue weighted by Crippen LogP contribution is -2.26. The first kappa shape index (κ1) is 15.0. The van der Waals surface area contributed by atoms with Gasteiger partial charge in [-0.15, -0.1) is 0 Å². The maximum Gasteiger partial charge on any atom is 0.308 e. The minimum atomic E-state index is -0.664. The van der Waals surface area contributed by atoms with Gasteiger partial charge >= 0.3 is 5.97 Å². The van der Waals surface area contributed by atoms with Crippen LogP contribution in [-0.4, -0.2) is 29.1 Å². The van der Waals surface area contributed by atoms with Crippen LogP contribution in [0.5, 0.6) is 0 Å². The molecule has 110 valence electrons. The van der Waals surface area contributed by atoms with E-state index in [2.05, 4.69) is 49.9 Å². The van der Waals surface area contributed by atoms with Gasteiger partial charge in [0, 0.05) is 19.1 Å². The number of hydrogen-bond acceptors (Lipinski definition) is 2. The minimum absolute atomic E-state index is 0.227. The highest BCUT2D eigenvalue weighted by atomic mass is 16.4. The highest BCUT2D eigenvalue weighted by Crippen LogP contribution is 2.31. The molecule has 1 saturated heterocycles. The zero-order valence-electron chi connectivity index (χ0n) is 12.8. The molecule has 0 amide bonds. The monoisotopic (exact) mass is 275 g/mol. The summed E-state index contributed by atoms with van der Waals surface area (Å²) in [6.07, 6.45) is 0. The molecule has 1 aliphatic heterocycles. The molecule has 1 fully saturated rings. The van der Waals surface area contributed by atoms with Gasteiger partial charge in [0.2, 0.25) is 0 Å². The van der Waals surface area contributed by atoms with Gasteiger partial charge in [-0.2, -0.15) is 0 Å². The van der Waals surface area contributed by atoms with Gasteiger partial charge < -0.3 is 5.11 Å². The van der Waals surface area contributed by atoms with Crippen molar-refractivity contribution >= 4 is 5.97 Å². The molecule has 0 bridgehead atoms. The molecule has 3 unspecified atom stereocenters. The first-order valence-corrected chi connectivity index (χ1v) is 7.47. The van der Waals surface area contributed by atoms with Crippen molar-refractivity contribution in [1.82, 2.24) is 4.90 Å². The first-order chi connectivity index (χ1) is 9.40. The van der Waals surface area contributed by atoms with E-state index in [0.717, 1.165) is 6.54 Å². The Bertz CT molecular complexity index is 466. The molecule has 1 N–H and O–H groups in total. The molecule has 1 aromatic rings. The molecule has 3 nitrogen and oxygen atoms in total. The maximum absolute atomic E-state index is 11.2. The van der Waals surface area contributed by atoms with Crippen molar-refractivity contribution in [2.75, 3.05) is 13.1 Å². The average Bonchev–Trinajstić information content (AvgIpc) is 2.80. The lowest BCUT2D eigenvalue weighted by molar-refractivity contribution is -0.142. The van der Waals surface area contributed by atoms with Gasteiger partial charge in [-0.05, 0) is 29.9 Å². The molecule has 0 saturated carbocycles. The Labute approximate surface area is 121 Å². The van der Waals surface area contributed by atoms with Crippen molar-refractivity contribution in [2.45, 2.75) is 39.7 Å². The predicted molar refractivity (Wildman–Crippen MR) is 80.8 cm³/mol. The SMILES string of the molecule is CC(C)c1ccc(C(C)N2CC(C)C(C(=O)O)C2)cc1. The Balaban J connectivity index is 2.08. The van der Waals surface area contributed by atoms with E-state index in [-0.39, 0.29) is 17.9 Å². The smallest absolute Gasteiger partial charge is 0.308 e. The van der Waals surface area contributed by atoms with Crippen LogP contribution < -0.4 is 0 Å². The summed E-state index contributed by atoms with van der Waals surface area (Å²) < 4.78 is 0. The molecule has 3 atom stereocenters. The van der Waals surface area contributed by atoms with E-state index in [1.807, 2.05) is 6.92 Å². The fourth-order valence-corrected chi connectivity index (χ4v) is 3.01. The quantitative estimate of drug-likeness (QED) is 0.914. The van der Waals surface area contributed by atoms with Crippen LogP contribution >= 0.6 is 0 Å². The number of hydrogen-bond donors (Lipinski definition) is 1. The van der Waals surface area contributed by atoms with Crippen molar-refractivity contribution in [3.8, 4) is 0 Å². The molecule has 1 aromatic carbocycles. The van der Waals surface area contributed by atoms with Crippen molar-refractivity contribution in [2.24, 2.45) is 11.8 Å². The van der Waals surface area contributed by atoms with Gasteiger partial charge in [-0.1, -0.05) is 45.0 Å².